The molecule has 0 aliphatic rings. The standard InChI is InChI=1S/C21H27NOS/c1-15(2)14-20(18-8-6-5-7-9-18)22-21(23)17(4)24-19-12-10-16(3)11-13-19/h5-13,15,17,20H,14H2,1-4H3,(H,22,23)/t17-,20-/m0/s1. The van der Waals surface area contributed by atoms with Crippen molar-refractivity contribution in [2.24, 2.45) is 5.92 Å². The molecule has 0 unspecified atom stereocenters. The van der Waals surface area contributed by atoms with E-state index in [2.05, 4.69) is 62.5 Å². The third-order valence-electron chi connectivity index (χ3n) is 3.93. The fourth-order valence-electron chi connectivity index (χ4n) is 2.60. The summed E-state index contributed by atoms with van der Waals surface area (Å²) in [6.07, 6.45) is 0.942. The maximum absolute atomic E-state index is 12.6. The minimum absolute atomic E-state index is 0.0692. The number of carbonyl (C=O) groups is 1. The molecule has 0 heterocycles. The highest BCUT2D eigenvalue weighted by Crippen LogP contribution is 2.26. The van der Waals surface area contributed by atoms with E-state index >= 15 is 0 Å². The van der Waals surface area contributed by atoms with Crippen molar-refractivity contribution >= 4 is 17.7 Å². The van der Waals surface area contributed by atoms with Crippen molar-refractivity contribution in [1.82, 2.24) is 5.32 Å². The smallest absolute Gasteiger partial charge is 0.233 e. The molecule has 0 aliphatic heterocycles. The van der Waals surface area contributed by atoms with E-state index in [0.29, 0.717) is 5.92 Å². The van der Waals surface area contributed by atoms with Crippen LogP contribution in [0.1, 0.15) is 44.4 Å². The van der Waals surface area contributed by atoms with E-state index in [0.717, 1.165) is 11.3 Å². The molecule has 1 N–H and O–H groups in total. The van der Waals surface area contributed by atoms with E-state index < -0.39 is 0 Å². The lowest BCUT2D eigenvalue weighted by molar-refractivity contribution is -0.121. The van der Waals surface area contributed by atoms with Crippen molar-refractivity contribution in [3.8, 4) is 0 Å². The van der Waals surface area contributed by atoms with Crippen molar-refractivity contribution in [2.45, 2.75) is 50.3 Å². The Hall–Kier alpha value is -1.74. The first-order chi connectivity index (χ1) is 11.5. The van der Waals surface area contributed by atoms with Crippen LogP contribution in [0.4, 0.5) is 0 Å². The number of thioether (sulfide) groups is 1. The Labute approximate surface area is 150 Å². The van der Waals surface area contributed by atoms with Gasteiger partial charge in [-0.3, -0.25) is 4.79 Å². The number of amides is 1. The number of aryl methyl sites for hydroxylation is 1. The zero-order valence-electron chi connectivity index (χ0n) is 15.0. The molecule has 128 valence electrons. The van der Waals surface area contributed by atoms with E-state index in [-0.39, 0.29) is 17.2 Å². The maximum atomic E-state index is 12.6. The van der Waals surface area contributed by atoms with Gasteiger partial charge in [0.2, 0.25) is 5.91 Å². The van der Waals surface area contributed by atoms with Crippen LogP contribution in [0.3, 0.4) is 0 Å². The third-order valence-corrected chi connectivity index (χ3v) is 5.04. The molecule has 0 bridgehead atoms. The van der Waals surface area contributed by atoms with Crippen LogP contribution in [0.25, 0.3) is 0 Å². The quantitative estimate of drug-likeness (QED) is 0.685. The molecular formula is C21H27NOS. The molecule has 0 saturated carbocycles. The van der Waals surface area contributed by atoms with Crippen molar-refractivity contribution in [2.75, 3.05) is 0 Å². The van der Waals surface area contributed by atoms with Crippen LogP contribution >= 0.6 is 11.8 Å². The molecule has 0 radical (unpaired) electrons. The Morgan fingerprint density at radius 3 is 2.21 bits per heavy atom. The number of carbonyl (C=O) groups excluding carboxylic acids is 1. The average molecular weight is 342 g/mol. The van der Waals surface area contributed by atoms with Crippen LogP contribution in [0.5, 0.6) is 0 Å². The summed E-state index contributed by atoms with van der Waals surface area (Å²) in [5, 5.41) is 3.12. The predicted octanol–water partition coefficient (Wildman–Crippen LogP) is 5.38. The molecule has 2 aromatic carbocycles. The fraction of sp³-hybridized carbons (Fsp3) is 0.381. The van der Waals surface area contributed by atoms with Crippen LogP contribution in [0, 0.1) is 12.8 Å². The van der Waals surface area contributed by atoms with Gasteiger partial charge in [-0.05, 0) is 43.9 Å². The number of rotatable bonds is 7. The Kier molecular flexibility index (Phi) is 6.92. The van der Waals surface area contributed by atoms with Crippen molar-refractivity contribution in [1.29, 1.82) is 0 Å². The van der Waals surface area contributed by atoms with Gasteiger partial charge in [0, 0.05) is 4.90 Å². The van der Waals surface area contributed by atoms with Gasteiger partial charge >= 0.3 is 0 Å². The Morgan fingerprint density at radius 2 is 1.62 bits per heavy atom. The van der Waals surface area contributed by atoms with Gasteiger partial charge < -0.3 is 5.32 Å². The maximum Gasteiger partial charge on any atom is 0.233 e. The molecule has 0 aliphatic carbocycles. The zero-order chi connectivity index (χ0) is 17.5. The van der Waals surface area contributed by atoms with Crippen LogP contribution < -0.4 is 5.32 Å². The summed E-state index contributed by atoms with van der Waals surface area (Å²) in [6.45, 7) is 8.41. The molecule has 1 amide bonds. The summed E-state index contributed by atoms with van der Waals surface area (Å²) in [4.78, 5) is 13.8. The first-order valence-electron chi connectivity index (χ1n) is 8.54. The highest BCUT2D eigenvalue weighted by molar-refractivity contribution is 8.00. The molecule has 0 fully saturated rings. The van der Waals surface area contributed by atoms with Crippen LogP contribution in [0.2, 0.25) is 0 Å². The van der Waals surface area contributed by atoms with Gasteiger partial charge in [-0.15, -0.1) is 11.8 Å². The van der Waals surface area contributed by atoms with Gasteiger partial charge in [0.25, 0.3) is 0 Å². The highest BCUT2D eigenvalue weighted by atomic mass is 32.2. The van der Waals surface area contributed by atoms with E-state index in [1.54, 1.807) is 11.8 Å². The normalized spacial score (nSPS) is 13.5. The lowest BCUT2D eigenvalue weighted by atomic mass is 9.97. The fourth-order valence-corrected chi connectivity index (χ4v) is 3.48. The van der Waals surface area contributed by atoms with Gasteiger partial charge in [0.05, 0.1) is 11.3 Å². The summed E-state index contributed by atoms with van der Waals surface area (Å²) in [5.41, 5.74) is 2.41. The molecule has 3 heteroatoms. The monoisotopic (exact) mass is 341 g/mol. The van der Waals surface area contributed by atoms with Crippen LogP contribution in [-0.4, -0.2) is 11.2 Å². The lowest BCUT2D eigenvalue weighted by Gasteiger charge is -2.23. The first kappa shape index (κ1) is 18.6. The second kappa shape index (κ2) is 8.93. The number of nitrogens with one attached hydrogen (secondary N) is 1. The number of hydrogen-bond donors (Lipinski definition) is 1. The molecule has 2 atom stereocenters. The summed E-state index contributed by atoms with van der Waals surface area (Å²) < 4.78 is 0. The summed E-state index contributed by atoms with van der Waals surface area (Å²) in [5.74, 6) is 0.616. The minimum Gasteiger partial charge on any atom is -0.348 e. The predicted molar refractivity (Wildman–Crippen MR) is 103 cm³/mol. The molecule has 2 nitrogen and oxygen atoms in total. The second-order valence-corrected chi connectivity index (χ2v) is 8.09. The van der Waals surface area contributed by atoms with Crippen LogP contribution in [0.15, 0.2) is 59.5 Å². The van der Waals surface area contributed by atoms with Crippen molar-refractivity contribution in [3.05, 3.63) is 65.7 Å². The minimum atomic E-state index is -0.119. The molecule has 24 heavy (non-hydrogen) atoms. The topological polar surface area (TPSA) is 29.1 Å². The van der Waals surface area contributed by atoms with Crippen LogP contribution in [-0.2, 0) is 4.79 Å². The van der Waals surface area contributed by atoms with Gasteiger partial charge in [-0.2, -0.15) is 0 Å². The molecule has 2 rings (SSSR count). The van der Waals surface area contributed by atoms with E-state index in [9.17, 15) is 4.79 Å². The average Bonchev–Trinajstić information content (AvgIpc) is 2.56. The first-order valence-corrected chi connectivity index (χ1v) is 9.42. The number of benzene rings is 2. The summed E-state index contributed by atoms with van der Waals surface area (Å²) in [7, 11) is 0. The third kappa shape index (κ3) is 5.72. The van der Waals surface area contributed by atoms with Gasteiger partial charge in [0.1, 0.15) is 0 Å². The molecular weight excluding hydrogens is 314 g/mol. The molecule has 2 aromatic rings. The van der Waals surface area contributed by atoms with Crippen molar-refractivity contribution in [3.63, 3.8) is 0 Å². The number of hydrogen-bond acceptors (Lipinski definition) is 2. The Bertz CT molecular complexity index is 637. The van der Waals surface area contributed by atoms with Crippen molar-refractivity contribution < 1.29 is 4.79 Å². The highest BCUT2D eigenvalue weighted by Gasteiger charge is 2.20. The Balaban J connectivity index is 2.02. The molecule has 0 aromatic heterocycles. The lowest BCUT2D eigenvalue weighted by Crippen LogP contribution is -2.35. The molecule has 0 spiro atoms. The molecule has 0 saturated heterocycles. The SMILES string of the molecule is Cc1ccc(S[C@@H](C)C(=O)N[C@@H](CC(C)C)c2ccccc2)cc1. The van der Waals surface area contributed by atoms with Gasteiger partial charge in [0.15, 0.2) is 0 Å². The van der Waals surface area contributed by atoms with Gasteiger partial charge in [-0.25, -0.2) is 0 Å². The zero-order valence-corrected chi connectivity index (χ0v) is 15.8. The Morgan fingerprint density at radius 1 is 1.00 bits per heavy atom. The summed E-state index contributed by atoms with van der Waals surface area (Å²) in [6, 6.07) is 18.6. The largest absolute Gasteiger partial charge is 0.348 e. The van der Waals surface area contributed by atoms with E-state index in [1.807, 2.05) is 25.1 Å². The van der Waals surface area contributed by atoms with E-state index in [1.165, 1.54) is 11.1 Å². The summed E-state index contributed by atoms with van der Waals surface area (Å²) >= 11 is 1.60. The second-order valence-electron chi connectivity index (χ2n) is 6.67. The van der Waals surface area contributed by atoms with Gasteiger partial charge in [-0.1, -0.05) is 61.9 Å². The van der Waals surface area contributed by atoms with E-state index in [4.69, 9.17) is 0 Å².